The molecular formula is C110H70N2O5. The lowest BCUT2D eigenvalue weighted by Crippen LogP contribution is -2.18. The summed E-state index contributed by atoms with van der Waals surface area (Å²) in [4.78, 5) is 4.76. The molecule has 0 radical (unpaired) electrons. The molecule has 117 heavy (non-hydrogen) atoms. The minimum Gasteiger partial charge on any atom is -0.456 e. The summed E-state index contributed by atoms with van der Waals surface area (Å²) in [6.07, 6.45) is 0. The molecule has 7 heteroatoms. The molecule has 0 spiro atoms. The van der Waals surface area contributed by atoms with E-state index in [1.54, 1.807) is 0 Å². The van der Waals surface area contributed by atoms with Crippen LogP contribution >= 0.6 is 0 Å². The van der Waals surface area contributed by atoms with E-state index in [2.05, 4.69) is 371 Å². The van der Waals surface area contributed by atoms with Crippen LogP contribution in [0.15, 0.2) is 374 Å². The van der Waals surface area contributed by atoms with E-state index in [0.29, 0.717) is 0 Å². The summed E-state index contributed by atoms with van der Waals surface area (Å²) in [7, 11) is 0. The Morgan fingerprint density at radius 3 is 1.31 bits per heavy atom. The summed E-state index contributed by atoms with van der Waals surface area (Å²) in [5.74, 6) is 0. The van der Waals surface area contributed by atoms with Crippen LogP contribution in [0.2, 0.25) is 0 Å². The zero-order valence-corrected chi connectivity index (χ0v) is 64.4. The van der Waals surface area contributed by atoms with E-state index in [4.69, 9.17) is 22.1 Å². The van der Waals surface area contributed by atoms with Gasteiger partial charge in [0.15, 0.2) is 11.2 Å². The molecule has 0 amide bonds. The largest absolute Gasteiger partial charge is 0.456 e. The van der Waals surface area contributed by atoms with Crippen molar-refractivity contribution in [3.05, 3.63) is 374 Å². The van der Waals surface area contributed by atoms with E-state index < -0.39 is 5.41 Å². The number of rotatable bonds is 10. The molecule has 18 aromatic carbocycles. The zero-order chi connectivity index (χ0) is 77.3. The van der Waals surface area contributed by atoms with Crippen LogP contribution in [0.4, 0.5) is 34.1 Å². The second-order valence-corrected chi connectivity index (χ2v) is 32.9. The molecule has 23 aromatic rings. The maximum atomic E-state index is 7.66. The number of hydrogen-bond acceptors (Lipinski definition) is 7. The molecule has 550 valence electrons. The van der Waals surface area contributed by atoms with Crippen LogP contribution in [0, 0.1) is 0 Å². The molecule has 0 N–H and O–H groups in total. The van der Waals surface area contributed by atoms with Crippen molar-refractivity contribution in [3.63, 3.8) is 0 Å². The highest BCUT2D eigenvalue weighted by Crippen LogP contribution is 2.57. The van der Waals surface area contributed by atoms with Gasteiger partial charge in [0, 0.05) is 98.6 Å². The predicted molar refractivity (Wildman–Crippen MR) is 484 cm³/mol. The minimum absolute atomic E-state index is 0.228. The third kappa shape index (κ3) is 9.51. The quantitative estimate of drug-likeness (QED) is 0.135. The zero-order valence-electron chi connectivity index (χ0n) is 64.4. The molecule has 0 fully saturated rings. The average molecular weight is 1500 g/mol. The van der Waals surface area contributed by atoms with Crippen molar-refractivity contribution in [1.82, 2.24) is 0 Å². The van der Waals surface area contributed by atoms with Crippen LogP contribution < -0.4 is 9.80 Å². The molecule has 5 aromatic heterocycles. The molecule has 2 aliphatic rings. The molecule has 2 aliphatic carbocycles. The van der Waals surface area contributed by atoms with Gasteiger partial charge in [-0.05, 0) is 209 Å². The molecule has 5 heterocycles. The van der Waals surface area contributed by atoms with Crippen LogP contribution in [-0.2, 0) is 10.8 Å². The van der Waals surface area contributed by atoms with Crippen LogP contribution in [0.3, 0.4) is 0 Å². The number of para-hydroxylation sites is 4. The van der Waals surface area contributed by atoms with Crippen LogP contribution in [0.5, 0.6) is 0 Å². The normalized spacial score (nSPS) is 13.4. The number of fused-ring (bicyclic) bond motifs is 23. The monoisotopic (exact) mass is 1500 g/mol. The van der Waals surface area contributed by atoms with E-state index in [-0.39, 0.29) is 5.41 Å². The van der Waals surface area contributed by atoms with Gasteiger partial charge in [-0.25, -0.2) is 0 Å². The van der Waals surface area contributed by atoms with Gasteiger partial charge >= 0.3 is 0 Å². The Morgan fingerprint density at radius 2 is 0.624 bits per heavy atom. The summed E-state index contributed by atoms with van der Waals surface area (Å²) >= 11 is 0. The van der Waals surface area contributed by atoms with Crippen molar-refractivity contribution in [3.8, 4) is 66.8 Å². The molecule has 25 rings (SSSR count). The Morgan fingerprint density at radius 1 is 0.205 bits per heavy atom. The van der Waals surface area contributed by atoms with Gasteiger partial charge in [0.05, 0.1) is 11.4 Å². The molecule has 0 saturated carbocycles. The lowest BCUT2D eigenvalue weighted by molar-refractivity contribution is 0.660. The summed E-state index contributed by atoms with van der Waals surface area (Å²) in [5.41, 5.74) is 32.2. The van der Waals surface area contributed by atoms with Gasteiger partial charge in [0.25, 0.3) is 0 Å². The fourth-order valence-electron chi connectivity index (χ4n) is 20.2. The van der Waals surface area contributed by atoms with Gasteiger partial charge < -0.3 is 31.9 Å². The number of nitrogens with zero attached hydrogens (tertiary/aromatic N) is 2. The number of benzene rings is 18. The van der Waals surface area contributed by atoms with E-state index in [0.717, 1.165) is 204 Å². The van der Waals surface area contributed by atoms with Crippen LogP contribution in [0.25, 0.3) is 198 Å². The molecule has 7 nitrogen and oxygen atoms in total. The summed E-state index contributed by atoms with van der Waals surface area (Å²) in [6.45, 7) is 9.51. The first-order valence-corrected chi connectivity index (χ1v) is 40.3. The summed E-state index contributed by atoms with van der Waals surface area (Å²) in [5, 5.41) is 14.7. The Bertz CT molecular complexity index is 8210. The lowest BCUT2D eigenvalue weighted by Gasteiger charge is -2.30. The lowest BCUT2D eigenvalue weighted by atomic mass is 9.81. The predicted octanol–water partition coefficient (Wildman–Crippen LogP) is 31.7. The maximum Gasteiger partial charge on any atom is 0.159 e. The standard InChI is InChI=1S/C110H70N2O5/c1-109(2)89-37-15-12-30-75(89)77-53-48-71(59-91(77)109)111(70-50-55-97-86(58-70)88-62-99-101(84-32-14-17-41-96(84)113-99)103(107(88)116-97)80-33-18-26-65-24-8-10-28-73(65)80)72-49-54-78-76-51-44-67(56-90(76)110(3,4)92(78)60-72)68-45-52-85-98(57-68)114-100-61-87-83-36-21-39-94(106(83)117-108(87)104(102(85)100)81-34-19-27-66-25-9-11-29-74(66)81)112(69-46-42-64(43-47-69)63-22-6-5-7-23-63)93-38-20-35-82-79-31-13-16-40-95(79)115-105(82)93/h5-62H,1-4H3. The van der Waals surface area contributed by atoms with E-state index >= 15 is 0 Å². The topological polar surface area (TPSA) is 72.2 Å². The molecule has 0 atom stereocenters. The molecule has 0 saturated heterocycles. The molecule has 0 bridgehead atoms. The van der Waals surface area contributed by atoms with Crippen molar-refractivity contribution >= 4 is 165 Å². The minimum atomic E-state index is -0.400. The van der Waals surface area contributed by atoms with Crippen molar-refractivity contribution in [2.45, 2.75) is 38.5 Å². The third-order valence-electron chi connectivity index (χ3n) is 25.8. The Balaban J connectivity index is 0.623. The molecular weight excluding hydrogens is 1430 g/mol. The van der Waals surface area contributed by atoms with E-state index in [1.165, 1.54) is 49.9 Å². The van der Waals surface area contributed by atoms with Crippen molar-refractivity contribution < 1.29 is 22.1 Å². The van der Waals surface area contributed by atoms with Gasteiger partial charge in [0.1, 0.15) is 44.7 Å². The Labute approximate surface area is 672 Å². The van der Waals surface area contributed by atoms with Crippen LogP contribution in [0.1, 0.15) is 49.9 Å². The summed E-state index contributed by atoms with van der Waals surface area (Å²) < 4.78 is 35.9. The fraction of sp³-hybridized carbons (Fsp3) is 0.0545. The van der Waals surface area contributed by atoms with Crippen molar-refractivity contribution in [2.24, 2.45) is 0 Å². The van der Waals surface area contributed by atoms with E-state index in [9.17, 15) is 0 Å². The first-order valence-electron chi connectivity index (χ1n) is 40.3. The number of hydrogen-bond donors (Lipinski definition) is 0. The Hall–Kier alpha value is -14.9. The number of anilines is 6. The second kappa shape index (κ2) is 24.3. The first-order chi connectivity index (χ1) is 57.5. The maximum absolute atomic E-state index is 7.66. The average Bonchev–Trinajstić information content (AvgIpc) is 1.56. The third-order valence-corrected chi connectivity index (χ3v) is 25.8. The van der Waals surface area contributed by atoms with Gasteiger partial charge in [0.2, 0.25) is 0 Å². The smallest absolute Gasteiger partial charge is 0.159 e. The van der Waals surface area contributed by atoms with Crippen molar-refractivity contribution in [1.29, 1.82) is 0 Å². The van der Waals surface area contributed by atoms with E-state index in [1.807, 2.05) is 18.2 Å². The fourth-order valence-corrected chi connectivity index (χ4v) is 20.2. The molecule has 0 unspecified atom stereocenters. The van der Waals surface area contributed by atoms with Gasteiger partial charge in [-0.3, -0.25) is 0 Å². The highest BCUT2D eigenvalue weighted by Gasteiger charge is 2.39. The molecule has 0 aliphatic heterocycles. The van der Waals surface area contributed by atoms with Gasteiger partial charge in [-0.2, -0.15) is 0 Å². The SMILES string of the molecule is CC1(C)c2ccccc2-c2ccc(N(c3ccc4c(c3)C(C)(C)c3cc(-c5ccc6c(c5)oc5cc7c(oc8c(N(c9ccc(-c%10ccccc%10)cc9)c9cccc%10c9oc9ccccc9%10)cccc87)c(-c7cccc8ccccc78)c56)ccc3-4)c3ccc4oc5c(-c6cccc7ccccc67)c6c(cc5c4c3)oc3ccccc36)cc21. The van der Waals surface area contributed by atoms with Gasteiger partial charge in [-0.1, -0.05) is 270 Å². The highest BCUT2D eigenvalue weighted by molar-refractivity contribution is 6.28. The summed E-state index contributed by atoms with van der Waals surface area (Å²) in [6, 6.07) is 128. The van der Waals surface area contributed by atoms with Crippen LogP contribution in [-0.4, -0.2) is 0 Å². The van der Waals surface area contributed by atoms with Crippen molar-refractivity contribution in [2.75, 3.05) is 9.80 Å². The first kappa shape index (κ1) is 65.6. The second-order valence-electron chi connectivity index (χ2n) is 32.9. The Kier molecular flexibility index (Phi) is 13.6. The number of furan rings is 5. The highest BCUT2D eigenvalue weighted by atomic mass is 16.4. The van der Waals surface area contributed by atoms with Gasteiger partial charge in [-0.15, -0.1) is 0 Å².